The molecule has 3 nitrogen and oxygen atoms in total. The van der Waals surface area contributed by atoms with Crippen molar-refractivity contribution in [3.8, 4) is 0 Å². The number of benzene rings is 2. The van der Waals surface area contributed by atoms with E-state index in [2.05, 4.69) is 17.2 Å². The summed E-state index contributed by atoms with van der Waals surface area (Å²) >= 11 is 0. The van der Waals surface area contributed by atoms with Gasteiger partial charge in [-0.05, 0) is 41.2 Å². The zero-order valence-electron chi connectivity index (χ0n) is 17.4. The zero-order valence-corrected chi connectivity index (χ0v) is 17.4. The molecule has 0 radical (unpaired) electrons. The topological polar surface area (TPSA) is 44.9 Å². The first-order chi connectivity index (χ1) is 14.2. The Kier molecular flexibility index (Phi) is 6.54. The van der Waals surface area contributed by atoms with Crippen molar-refractivity contribution in [1.29, 1.82) is 0 Å². The molecular formula is C24H27F3N2O. The molecule has 0 saturated carbocycles. The van der Waals surface area contributed by atoms with Crippen LogP contribution in [-0.4, -0.2) is 17.4 Å². The molecule has 0 spiro atoms. The smallest absolute Gasteiger partial charge is 0.361 e. The Bertz CT molecular complexity index is 1000. The number of halogens is 3. The molecule has 0 saturated heterocycles. The molecule has 0 aliphatic heterocycles. The third kappa shape index (κ3) is 4.86. The molecule has 0 aliphatic carbocycles. The van der Waals surface area contributed by atoms with Crippen LogP contribution in [-0.2, 0) is 17.4 Å². The zero-order chi connectivity index (χ0) is 21.9. The summed E-state index contributed by atoms with van der Waals surface area (Å²) in [5.41, 5.74) is 3.08. The quantitative estimate of drug-likeness (QED) is 0.484. The molecule has 0 bridgehead atoms. The van der Waals surface area contributed by atoms with Gasteiger partial charge in [0.15, 0.2) is 0 Å². The van der Waals surface area contributed by atoms with Crippen LogP contribution in [0.5, 0.6) is 0 Å². The number of aromatic amines is 1. The van der Waals surface area contributed by atoms with Crippen molar-refractivity contribution >= 4 is 16.8 Å². The average molecular weight is 416 g/mol. The molecule has 1 unspecified atom stereocenters. The number of amides is 1. The Balaban J connectivity index is 2.01. The number of rotatable bonds is 7. The lowest BCUT2D eigenvalue weighted by Gasteiger charge is -2.19. The molecule has 3 aromatic rings. The molecule has 2 aromatic carbocycles. The Morgan fingerprint density at radius 1 is 1.10 bits per heavy atom. The molecule has 0 fully saturated rings. The summed E-state index contributed by atoms with van der Waals surface area (Å²) in [6, 6.07) is 11.1. The third-order valence-electron chi connectivity index (χ3n) is 5.33. The molecule has 1 aromatic heterocycles. The Labute approximate surface area is 174 Å². The van der Waals surface area contributed by atoms with Crippen molar-refractivity contribution in [3.63, 3.8) is 0 Å². The molecule has 1 amide bonds. The fraction of sp³-hybridized carbons (Fsp3) is 0.375. The Hall–Kier alpha value is -2.76. The normalized spacial score (nSPS) is 13.0. The van der Waals surface area contributed by atoms with Gasteiger partial charge in [-0.15, -0.1) is 0 Å². The lowest BCUT2D eigenvalue weighted by molar-refractivity contribution is -0.137. The van der Waals surface area contributed by atoms with Gasteiger partial charge in [-0.25, -0.2) is 0 Å². The molecule has 0 aliphatic rings. The van der Waals surface area contributed by atoms with Crippen LogP contribution in [0.15, 0.2) is 48.7 Å². The van der Waals surface area contributed by atoms with E-state index in [0.717, 1.165) is 40.6 Å². The van der Waals surface area contributed by atoms with E-state index in [1.165, 1.54) is 12.1 Å². The van der Waals surface area contributed by atoms with Crippen LogP contribution in [0.2, 0.25) is 0 Å². The second-order valence-corrected chi connectivity index (χ2v) is 8.01. The molecule has 30 heavy (non-hydrogen) atoms. The van der Waals surface area contributed by atoms with Crippen LogP contribution in [0.4, 0.5) is 13.2 Å². The number of H-pyrrole nitrogens is 1. The fourth-order valence-corrected chi connectivity index (χ4v) is 3.71. The number of hydrogen-bond acceptors (Lipinski definition) is 1. The largest absolute Gasteiger partial charge is 0.416 e. The summed E-state index contributed by atoms with van der Waals surface area (Å²) in [6.45, 7) is 6.66. The first-order valence-corrected chi connectivity index (χ1v) is 10.2. The van der Waals surface area contributed by atoms with E-state index in [4.69, 9.17) is 0 Å². The van der Waals surface area contributed by atoms with Crippen LogP contribution >= 0.6 is 0 Å². The van der Waals surface area contributed by atoms with Crippen LogP contribution in [0.3, 0.4) is 0 Å². The molecule has 2 N–H and O–H groups in total. The second kappa shape index (κ2) is 8.94. The van der Waals surface area contributed by atoms with Crippen molar-refractivity contribution in [3.05, 3.63) is 70.9 Å². The fourth-order valence-electron chi connectivity index (χ4n) is 3.71. The highest BCUT2D eigenvalue weighted by Gasteiger charge is 2.31. The van der Waals surface area contributed by atoms with Gasteiger partial charge < -0.3 is 10.3 Å². The number of nitrogens with one attached hydrogen (secondary N) is 2. The van der Waals surface area contributed by atoms with Gasteiger partial charge >= 0.3 is 6.18 Å². The van der Waals surface area contributed by atoms with E-state index in [0.29, 0.717) is 18.0 Å². The standard InChI is InChI=1S/C24H27F3N2O/c1-4-16-6-5-7-19-21(14-29-23(16)19)20(12-22(30)28-13-15(2)3)17-8-10-18(11-9-17)24(25,26)27/h5-11,14-15,20,29H,4,12-13H2,1-3H3,(H,28,30). The maximum Gasteiger partial charge on any atom is 0.416 e. The third-order valence-corrected chi connectivity index (χ3v) is 5.33. The van der Waals surface area contributed by atoms with Gasteiger partial charge in [0, 0.05) is 36.0 Å². The van der Waals surface area contributed by atoms with E-state index in [1.807, 2.05) is 38.2 Å². The number of carbonyl (C=O) groups excluding carboxylic acids is 1. The van der Waals surface area contributed by atoms with Gasteiger partial charge in [-0.1, -0.05) is 51.1 Å². The predicted octanol–water partition coefficient (Wildman–Crippen LogP) is 6.04. The van der Waals surface area contributed by atoms with Gasteiger partial charge in [0.05, 0.1) is 5.56 Å². The van der Waals surface area contributed by atoms with E-state index in [1.54, 1.807) is 0 Å². The van der Waals surface area contributed by atoms with Crippen LogP contribution in [0.1, 0.15) is 55.4 Å². The van der Waals surface area contributed by atoms with Crippen molar-refractivity contribution in [2.45, 2.75) is 45.7 Å². The van der Waals surface area contributed by atoms with Crippen molar-refractivity contribution in [1.82, 2.24) is 10.3 Å². The first kappa shape index (κ1) is 21.9. The Morgan fingerprint density at radius 3 is 2.40 bits per heavy atom. The van der Waals surface area contributed by atoms with E-state index < -0.39 is 11.7 Å². The molecule has 6 heteroatoms. The molecule has 1 atom stereocenters. The number of para-hydroxylation sites is 1. The summed E-state index contributed by atoms with van der Waals surface area (Å²) < 4.78 is 39.0. The van der Waals surface area contributed by atoms with Gasteiger partial charge in [-0.2, -0.15) is 13.2 Å². The first-order valence-electron chi connectivity index (χ1n) is 10.2. The molecule has 3 rings (SSSR count). The van der Waals surface area contributed by atoms with Gasteiger partial charge in [-0.3, -0.25) is 4.79 Å². The van der Waals surface area contributed by atoms with E-state index in [9.17, 15) is 18.0 Å². The summed E-state index contributed by atoms with van der Waals surface area (Å²) in [4.78, 5) is 15.9. The van der Waals surface area contributed by atoms with Crippen molar-refractivity contribution in [2.75, 3.05) is 6.54 Å². The van der Waals surface area contributed by atoms with Crippen LogP contribution in [0, 0.1) is 5.92 Å². The number of alkyl halides is 3. The highest BCUT2D eigenvalue weighted by Crippen LogP contribution is 2.36. The maximum absolute atomic E-state index is 13.0. The maximum atomic E-state index is 13.0. The highest BCUT2D eigenvalue weighted by molar-refractivity contribution is 5.88. The van der Waals surface area contributed by atoms with Crippen LogP contribution < -0.4 is 5.32 Å². The number of aromatic nitrogens is 1. The van der Waals surface area contributed by atoms with Crippen molar-refractivity contribution in [2.24, 2.45) is 5.92 Å². The lowest BCUT2D eigenvalue weighted by Crippen LogP contribution is -2.28. The number of hydrogen-bond donors (Lipinski definition) is 2. The minimum atomic E-state index is -4.39. The summed E-state index contributed by atoms with van der Waals surface area (Å²) in [7, 11) is 0. The SMILES string of the molecule is CCc1cccc2c(C(CC(=O)NCC(C)C)c3ccc(C(F)(F)F)cc3)c[nH]c12. The number of fused-ring (bicyclic) bond motifs is 1. The van der Waals surface area contributed by atoms with Gasteiger partial charge in [0.25, 0.3) is 0 Å². The number of aryl methyl sites for hydroxylation is 1. The van der Waals surface area contributed by atoms with E-state index >= 15 is 0 Å². The summed E-state index contributed by atoms with van der Waals surface area (Å²) in [5, 5.41) is 3.92. The minimum absolute atomic E-state index is 0.116. The lowest BCUT2D eigenvalue weighted by atomic mass is 9.87. The predicted molar refractivity (Wildman–Crippen MR) is 113 cm³/mol. The molecule has 1 heterocycles. The highest BCUT2D eigenvalue weighted by atomic mass is 19.4. The number of carbonyl (C=O) groups is 1. The summed E-state index contributed by atoms with van der Waals surface area (Å²) in [5.74, 6) is -0.145. The monoisotopic (exact) mass is 416 g/mol. The van der Waals surface area contributed by atoms with Gasteiger partial charge in [0.2, 0.25) is 5.91 Å². The molecular weight excluding hydrogens is 389 g/mol. The minimum Gasteiger partial charge on any atom is -0.361 e. The Morgan fingerprint density at radius 2 is 1.80 bits per heavy atom. The second-order valence-electron chi connectivity index (χ2n) is 8.01. The molecule has 160 valence electrons. The van der Waals surface area contributed by atoms with Gasteiger partial charge in [0.1, 0.15) is 0 Å². The van der Waals surface area contributed by atoms with Crippen LogP contribution in [0.25, 0.3) is 10.9 Å². The van der Waals surface area contributed by atoms with Crippen molar-refractivity contribution < 1.29 is 18.0 Å². The average Bonchev–Trinajstić information content (AvgIpc) is 3.14. The van der Waals surface area contributed by atoms with E-state index in [-0.39, 0.29) is 18.2 Å². The summed E-state index contributed by atoms with van der Waals surface area (Å²) in [6.07, 6.45) is -1.49.